The van der Waals surface area contributed by atoms with Crippen molar-refractivity contribution < 1.29 is 9.53 Å². The molecule has 4 heteroatoms. The summed E-state index contributed by atoms with van der Waals surface area (Å²) in [6, 6.07) is 9.78. The van der Waals surface area contributed by atoms with Gasteiger partial charge in [0.1, 0.15) is 6.61 Å². The lowest BCUT2D eigenvalue weighted by Crippen LogP contribution is -2.33. The third-order valence-electron chi connectivity index (χ3n) is 4.14. The van der Waals surface area contributed by atoms with Gasteiger partial charge in [0.05, 0.1) is 0 Å². The monoisotopic (exact) mass is 291 g/mol. The minimum atomic E-state index is -0.292. The molecule has 2 bridgehead atoms. The maximum atomic E-state index is 11.7. The van der Waals surface area contributed by atoms with E-state index in [1.54, 1.807) is 0 Å². The fourth-order valence-electron chi connectivity index (χ4n) is 3.14. The Hall–Kier alpha value is -1.16. The Morgan fingerprint density at radius 1 is 1.20 bits per heavy atom. The number of fused-ring (bicyclic) bond motifs is 2. The topological polar surface area (TPSA) is 38.3 Å². The van der Waals surface area contributed by atoms with E-state index in [0.717, 1.165) is 22.6 Å². The number of amides is 1. The van der Waals surface area contributed by atoms with E-state index in [2.05, 4.69) is 17.1 Å². The van der Waals surface area contributed by atoms with E-state index in [0.29, 0.717) is 12.5 Å². The molecule has 0 spiro atoms. The van der Waals surface area contributed by atoms with Crippen molar-refractivity contribution in [2.24, 2.45) is 5.92 Å². The van der Waals surface area contributed by atoms with Crippen molar-refractivity contribution in [3.63, 3.8) is 0 Å². The van der Waals surface area contributed by atoms with Crippen LogP contribution in [0, 0.1) is 5.92 Å². The van der Waals surface area contributed by atoms with E-state index in [-0.39, 0.29) is 6.09 Å². The zero-order valence-corrected chi connectivity index (χ0v) is 12.4. The van der Waals surface area contributed by atoms with Crippen molar-refractivity contribution in [2.45, 2.75) is 42.8 Å². The van der Waals surface area contributed by atoms with Crippen LogP contribution in [-0.4, -0.2) is 23.1 Å². The third-order valence-corrected chi connectivity index (χ3v) is 5.76. The largest absolute Gasteiger partial charge is 0.445 e. The van der Waals surface area contributed by atoms with Gasteiger partial charge in [0.25, 0.3) is 0 Å². The molecule has 0 saturated carbocycles. The van der Waals surface area contributed by atoms with Gasteiger partial charge in [0.2, 0.25) is 0 Å². The Balaban J connectivity index is 1.37. The maximum absolute atomic E-state index is 11.7. The highest BCUT2D eigenvalue weighted by Gasteiger charge is 2.34. The van der Waals surface area contributed by atoms with Gasteiger partial charge in [-0.2, -0.15) is 11.8 Å². The lowest BCUT2D eigenvalue weighted by molar-refractivity contribution is 0.137. The van der Waals surface area contributed by atoms with Crippen LogP contribution in [0.2, 0.25) is 0 Å². The SMILES string of the molecule is O=C(NCC1CC2CCC(C1)S2)OCc1ccccc1. The Labute approximate surface area is 124 Å². The molecule has 2 unspecified atom stereocenters. The van der Waals surface area contributed by atoms with Crippen molar-refractivity contribution in [3.8, 4) is 0 Å². The van der Waals surface area contributed by atoms with Crippen LogP contribution in [0.15, 0.2) is 30.3 Å². The molecule has 2 fully saturated rings. The van der Waals surface area contributed by atoms with Crippen molar-refractivity contribution in [1.82, 2.24) is 5.32 Å². The summed E-state index contributed by atoms with van der Waals surface area (Å²) in [6.45, 7) is 1.11. The summed E-state index contributed by atoms with van der Waals surface area (Å²) in [4.78, 5) is 11.7. The zero-order chi connectivity index (χ0) is 13.8. The molecule has 2 saturated heterocycles. The van der Waals surface area contributed by atoms with E-state index in [1.807, 2.05) is 30.3 Å². The fraction of sp³-hybridized carbons (Fsp3) is 0.562. The molecule has 108 valence electrons. The molecule has 0 aliphatic carbocycles. The molecule has 20 heavy (non-hydrogen) atoms. The summed E-state index contributed by atoms with van der Waals surface area (Å²) in [5.41, 5.74) is 1.02. The summed E-state index contributed by atoms with van der Waals surface area (Å²) in [5, 5.41) is 4.59. The molecule has 2 aliphatic rings. The van der Waals surface area contributed by atoms with Gasteiger partial charge in [0.15, 0.2) is 0 Å². The van der Waals surface area contributed by atoms with Gasteiger partial charge in [-0.1, -0.05) is 30.3 Å². The second-order valence-corrected chi connectivity index (χ2v) is 7.34. The molecule has 0 radical (unpaired) electrons. The number of thioether (sulfide) groups is 1. The molecule has 3 nitrogen and oxygen atoms in total. The number of hydrogen-bond acceptors (Lipinski definition) is 3. The van der Waals surface area contributed by atoms with E-state index in [9.17, 15) is 4.79 Å². The van der Waals surface area contributed by atoms with Crippen molar-refractivity contribution in [3.05, 3.63) is 35.9 Å². The number of benzene rings is 1. The third kappa shape index (κ3) is 3.69. The maximum Gasteiger partial charge on any atom is 0.407 e. The van der Waals surface area contributed by atoms with Crippen LogP contribution >= 0.6 is 11.8 Å². The Bertz CT molecular complexity index is 439. The van der Waals surface area contributed by atoms with E-state index < -0.39 is 0 Å². The number of alkyl carbamates (subject to hydrolysis) is 1. The number of ether oxygens (including phenoxy) is 1. The predicted octanol–water partition coefficient (Wildman–Crippen LogP) is 3.59. The Kier molecular flexibility index (Phi) is 4.51. The van der Waals surface area contributed by atoms with E-state index in [4.69, 9.17) is 4.74 Å². The molecule has 2 atom stereocenters. The van der Waals surface area contributed by atoms with Gasteiger partial charge in [-0.3, -0.25) is 0 Å². The Morgan fingerprint density at radius 2 is 1.90 bits per heavy atom. The van der Waals surface area contributed by atoms with Gasteiger partial charge >= 0.3 is 6.09 Å². The predicted molar refractivity (Wildman–Crippen MR) is 81.8 cm³/mol. The van der Waals surface area contributed by atoms with Crippen LogP contribution in [0.4, 0.5) is 4.79 Å². The van der Waals surface area contributed by atoms with Crippen molar-refractivity contribution >= 4 is 17.9 Å². The molecule has 2 heterocycles. The molecule has 1 N–H and O–H groups in total. The normalized spacial score (nSPS) is 28.1. The van der Waals surface area contributed by atoms with Gasteiger partial charge in [-0.05, 0) is 37.2 Å². The molecule has 3 rings (SSSR count). The van der Waals surface area contributed by atoms with E-state index >= 15 is 0 Å². The summed E-state index contributed by atoms with van der Waals surface area (Å²) in [6.07, 6.45) is 4.94. The number of carbonyl (C=O) groups excluding carboxylic acids is 1. The van der Waals surface area contributed by atoms with E-state index in [1.165, 1.54) is 25.7 Å². The summed E-state index contributed by atoms with van der Waals surface area (Å²) in [5.74, 6) is 0.637. The first kappa shape index (κ1) is 13.8. The standard InChI is InChI=1S/C16H21NO2S/c18-16(19-11-12-4-2-1-3-5-12)17-10-13-8-14-6-7-15(9-13)20-14/h1-5,13-15H,6-11H2,(H,17,18). The van der Waals surface area contributed by atoms with Gasteiger partial charge in [-0.15, -0.1) is 0 Å². The number of carbonyl (C=O) groups is 1. The first-order valence-corrected chi connectivity index (χ1v) is 8.34. The van der Waals surface area contributed by atoms with Gasteiger partial charge < -0.3 is 10.1 Å². The van der Waals surface area contributed by atoms with Crippen LogP contribution in [0.5, 0.6) is 0 Å². The molecule has 1 amide bonds. The lowest BCUT2D eigenvalue weighted by Gasteiger charge is -2.27. The number of hydrogen-bond donors (Lipinski definition) is 1. The second-order valence-electron chi connectivity index (χ2n) is 5.74. The smallest absolute Gasteiger partial charge is 0.407 e. The highest BCUT2D eigenvalue weighted by atomic mass is 32.2. The first-order valence-electron chi connectivity index (χ1n) is 7.39. The second kappa shape index (κ2) is 6.53. The van der Waals surface area contributed by atoms with Crippen LogP contribution in [0.25, 0.3) is 0 Å². The fourth-order valence-corrected chi connectivity index (χ4v) is 4.99. The molecule has 0 aromatic heterocycles. The van der Waals surface area contributed by atoms with Crippen LogP contribution in [-0.2, 0) is 11.3 Å². The van der Waals surface area contributed by atoms with Gasteiger partial charge in [0, 0.05) is 17.0 Å². The highest BCUT2D eigenvalue weighted by molar-refractivity contribution is 8.00. The summed E-state index contributed by atoms with van der Waals surface area (Å²) < 4.78 is 5.23. The highest BCUT2D eigenvalue weighted by Crippen LogP contribution is 2.45. The minimum Gasteiger partial charge on any atom is -0.445 e. The summed E-state index contributed by atoms with van der Waals surface area (Å²) in [7, 11) is 0. The van der Waals surface area contributed by atoms with Crippen molar-refractivity contribution in [1.29, 1.82) is 0 Å². The first-order chi connectivity index (χ1) is 9.79. The van der Waals surface area contributed by atoms with Gasteiger partial charge in [-0.25, -0.2) is 4.79 Å². The number of rotatable bonds is 4. The molecule has 1 aromatic carbocycles. The van der Waals surface area contributed by atoms with Crippen LogP contribution in [0.3, 0.4) is 0 Å². The minimum absolute atomic E-state index is 0.292. The average molecular weight is 291 g/mol. The lowest BCUT2D eigenvalue weighted by atomic mass is 9.99. The Morgan fingerprint density at radius 3 is 2.60 bits per heavy atom. The number of nitrogens with one attached hydrogen (secondary N) is 1. The van der Waals surface area contributed by atoms with Crippen LogP contribution in [0.1, 0.15) is 31.2 Å². The molecular weight excluding hydrogens is 270 g/mol. The zero-order valence-electron chi connectivity index (χ0n) is 11.6. The molecule has 1 aromatic rings. The summed E-state index contributed by atoms with van der Waals surface area (Å²) >= 11 is 2.15. The van der Waals surface area contributed by atoms with Crippen LogP contribution < -0.4 is 5.32 Å². The molecule has 2 aliphatic heterocycles. The molecular formula is C16H21NO2S. The average Bonchev–Trinajstić information content (AvgIpc) is 2.83. The van der Waals surface area contributed by atoms with Crippen molar-refractivity contribution in [2.75, 3.05) is 6.54 Å². The quantitative estimate of drug-likeness (QED) is 0.921.